The van der Waals surface area contributed by atoms with Crippen LogP contribution in [0, 0.1) is 0 Å². The van der Waals surface area contributed by atoms with E-state index in [1.54, 1.807) is 14.2 Å². The minimum Gasteiger partial charge on any atom is -0.493 e. The van der Waals surface area contributed by atoms with Gasteiger partial charge in [-0.15, -0.1) is 11.6 Å². The van der Waals surface area contributed by atoms with E-state index >= 15 is 0 Å². The van der Waals surface area contributed by atoms with E-state index in [1.807, 2.05) is 23.1 Å². The van der Waals surface area contributed by atoms with Gasteiger partial charge in [0.1, 0.15) is 0 Å². The second kappa shape index (κ2) is 9.02. The van der Waals surface area contributed by atoms with Crippen LogP contribution in [0.15, 0.2) is 18.2 Å². The first kappa shape index (κ1) is 17.0. The first-order chi connectivity index (χ1) is 9.65. The molecule has 5 nitrogen and oxygen atoms in total. The molecule has 0 saturated carbocycles. The number of rotatable bonds is 9. The van der Waals surface area contributed by atoms with Crippen LogP contribution >= 0.6 is 11.6 Å². The van der Waals surface area contributed by atoms with Crippen LogP contribution in [-0.2, 0) is 0 Å². The summed E-state index contributed by atoms with van der Waals surface area (Å²) in [5.41, 5.74) is 0.908. The normalized spacial score (nSPS) is 12.5. The quantitative estimate of drug-likeness (QED) is 0.673. The molecule has 0 amide bonds. The first-order valence-electron chi connectivity index (χ1n) is 6.46. The Morgan fingerprint density at radius 1 is 1.10 bits per heavy atom. The molecule has 0 aliphatic rings. The molecule has 0 bridgehead atoms. The highest BCUT2D eigenvalue weighted by atomic mass is 35.5. The number of nitrogens with zero attached hydrogens (tertiary/aromatic N) is 1. The van der Waals surface area contributed by atoms with E-state index in [0.29, 0.717) is 31.1 Å². The minimum atomic E-state index is -0.257. The van der Waals surface area contributed by atoms with E-state index < -0.39 is 0 Å². The van der Waals surface area contributed by atoms with E-state index in [4.69, 9.17) is 31.3 Å². The predicted molar refractivity (Wildman–Crippen MR) is 78.8 cm³/mol. The van der Waals surface area contributed by atoms with Crippen molar-refractivity contribution in [3.05, 3.63) is 23.8 Å². The number of alkyl halides is 1. The fraction of sp³-hybridized carbons (Fsp3) is 0.571. The van der Waals surface area contributed by atoms with Gasteiger partial charge in [-0.05, 0) is 17.7 Å². The van der Waals surface area contributed by atoms with Gasteiger partial charge in [-0.2, -0.15) is 0 Å². The molecule has 0 spiro atoms. The number of ether oxygens (including phenoxy) is 2. The van der Waals surface area contributed by atoms with Gasteiger partial charge in [0.25, 0.3) is 0 Å². The molecule has 0 fully saturated rings. The van der Waals surface area contributed by atoms with Crippen molar-refractivity contribution >= 4 is 11.6 Å². The fourth-order valence-corrected chi connectivity index (χ4v) is 2.29. The van der Waals surface area contributed by atoms with Gasteiger partial charge in [-0.1, -0.05) is 6.07 Å². The molecular formula is C14H22ClNO4. The third-order valence-corrected chi connectivity index (χ3v) is 3.41. The number of aliphatic hydroxyl groups is 2. The minimum absolute atomic E-state index is 0.0372. The summed E-state index contributed by atoms with van der Waals surface area (Å²) in [5, 5.41) is 17.7. The molecule has 0 saturated heterocycles. The lowest BCUT2D eigenvalue weighted by molar-refractivity contribution is 0.161. The SMILES string of the molecule is COc1ccc(C(Cl)CN(CCO)CCO)cc1OC. The van der Waals surface area contributed by atoms with Crippen LogP contribution < -0.4 is 9.47 Å². The maximum absolute atomic E-state index is 8.99. The van der Waals surface area contributed by atoms with Gasteiger partial charge >= 0.3 is 0 Å². The zero-order valence-corrected chi connectivity index (χ0v) is 12.6. The van der Waals surface area contributed by atoms with Crippen molar-refractivity contribution in [3.63, 3.8) is 0 Å². The summed E-state index contributed by atoms with van der Waals surface area (Å²) in [4.78, 5) is 1.91. The summed E-state index contributed by atoms with van der Waals surface area (Å²) in [6, 6.07) is 5.54. The first-order valence-corrected chi connectivity index (χ1v) is 6.90. The molecule has 20 heavy (non-hydrogen) atoms. The van der Waals surface area contributed by atoms with Crippen molar-refractivity contribution in [3.8, 4) is 11.5 Å². The number of halogens is 1. The molecule has 0 radical (unpaired) electrons. The second-order valence-electron chi connectivity index (χ2n) is 4.33. The monoisotopic (exact) mass is 303 g/mol. The molecule has 1 atom stereocenters. The van der Waals surface area contributed by atoms with Crippen LogP contribution in [0.3, 0.4) is 0 Å². The van der Waals surface area contributed by atoms with Crippen molar-refractivity contribution in [2.24, 2.45) is 0 Å². The Kier molecular flexibility index (Phi) is 7.69. The van der Waals surface area contributed by atoms with Crippen LogP contribution in [-0.4, -0.2) is 62.2 Å². The van der Waals surface area contributed by atoms with Gasteiger partial charge in [0.2, 0.25) is 0 Å². The van der Waals surface area contributed by atoms with Gasteiger partial charge in [0.05, 0.1) is 32.8 Å². The lowest BCUT2D eigenvalue weighted by Crippen LogP contribution is -2.32. The number of methoxy groups -OCH3 is 2. The summed E-state index contributed by atoms with van der Waals surface area (Å²) in [7, 11) is 3.16. The van der Waals surface area contributed by atoms with Crippen LogP contribution in [0.25, 0.3) is 0 Å². The highest BCUT2D eigenvalue weighted by Gasteiger charge is 2.15. The van der Waals surface area contributed by atoms with E-state index in [2.05, 4.69) is 0 Å². The van der Waals surface area contributed by atoms with Crippen molar-refractivity contribution in [1.29, 1.82) is 0 Å². The smallest absolute Gasteiger partial charge is 0.161 e. The van der Waals surface area contributed by atoms with E-state index in [9.17, 15) is 0 Å². The third kappa shape index (κ3) is 4.83. The average Bonchev–Trinajstić information content (AvgIpc) is 2.46. The van der Waals surface area contributed by atoms with E-state index in [-0.39, 0.29) is 18.6 Å². The topological polar surface area (TPSA) is 62.2 Å². The Labute approximate surface area is 124 Å². The molecule has 0 aromatic heterocycles. The average molecular weight is 304 g/mol. The predicted octanol–water partition coefficient (Wildman–Crippen LogP) is 1.27. The Balaban J connectivity index is 2.77. The van der Waals surface area contributed by atoms with Gasteiger partial charge in [-0.25, -0.2) is 0 Å². The highest BCUT2D eigenvalue weighted by Crippen LogP contribution is 2.32. The number of hydrogen-bond acceptors (Lipinski definition) is 5. The summed E-state index contributed by atoms with van der Waals surface area (Å²) < 4.78 is 10.4. The highest BCUT2D eigenvalue weighted by molar-refractivity contribution is 6.21. The standard InChI is InChI=1S/C14H22ClNO4/c1-19-13-4-3-11(9-14(13)20-2)12(15)10-16(5-7-17)6-8-18/h3-4,9,12,17-18H,5-8,10H2,1-2H3. The number of aliphatic hydroxyl groups excluding tert-OH is 2. The third-order valence-electron chi connectivity index (χ3n) is 3.02. The van der Waals surface area contributed by atoms with Crippen LogP contribution in [0.2, 0.25) is 0 Å². The molecule has 1 aromatic carbocycles. The van der Waals surface area contributed by atoms with Crippen molar-refractivity contribution in [2.45, 2.75) is 5.38 Å². The molecule has 114 valence electrons. The Morgan fingerprint density at radius 3 is 2.20 bits per heavy atom. The van der Waals surface area contributed by atoms with Crippen LogP contribution in [0.5, 0.6) is 11.5 Å². The Hall–Kier alpha value is -1.01. The molecule has 1 aromatic rings. The van der Waals surface area contributed by atoms with Crippen molar-refractivity contribution < 1.29 is 19.7 Å². The fourth-order valence-electron chi connectivity index (χ4n) is 1.96. The van der Waals surface area contributed by atoms with Crippen LogP contribution in [0.1, 0.15) is 10.9 Å². The van der Waals surface area contributed by atoms with Crippen LogP contribution in [0.4, 0.5) is 0 Å². The van der Waals surface area contributed by atoms with Gasteiger partial charge in [-0.3, -0.25) is 4.90 Å². The van der Waals surface area contributed by atoms with Crippen molar-refractivity contribution in [2.75, 3.05) is 47.1 Å². The van der Waals surface area contributed by atoms with Gasteiger partial charge < -0.3 is 19.7 Å². The largest absolute Gasteiger partial charge is 0.493 e. The molecule has 1 rings (SSSR count). The molecule has 1 unspecified atom stereocenters. The molecule has 0 aliphatic carbocycles. The lowest BCUT2D eigenvalue weighted by Gasteiger charge is -2.23. The maximum Gasteiger partial charge on any atom is 0.161 e. The van der Waals surface area contributed by atoms with Gasteiger partial charge in [0, 0.05) is 19.6 Å². The lowest BCUT2D eigenvalue weighted by atomic mass is 10.1. The summed E-state index contributed by atoms with van der Waals surface area (Å²) >= 11 is 6.40. The summed E-state index contributed by atoms with van der Waals surface area (Å²) in [6.07, 6.45) is 0. The summed E-state index contributed by atoms with van der Waals surface area (Å²) in [5.74, 6) is 1.29. The van der Waals surface area contributed by atoms with E-state index in [0.717, 1.165) is 5.56 Å². The summed E-state index contributed by atoms with van der Waals surface area (Å²) in [6.45, 7) is 1.58. The Bertz CT molecular complexity index is 397. The second-order valence-corrected chi connectivity index (χ2v) is 4.86. The zero-order valence-electron chi connectivity index (χ0n) is 11.9. The molecule has 2 N–H and O–H groups in total. The molecule has 0 heterocycles. The molecule has 6 heteroatoms. The van der Waals surface area contributed by atoms with Gasteiger partial charge in [0.15, 0.2) is 11.5 Å². The van der Waals surface area contributed by atoms with E-state index in [1.165, 1.54) is 0 Å². The van der Waals surface area contributed by atoms with Crippen molar-refractivity contribution in [1.82, 2.24) is 4.90 Å². The maximum atomic E-state index is 8.99. The number of benzene rings is 1. The number of hydrogen-bond donors (Lipinski definition) is 2. The Morgan fingerprint density at radius 2 is 1.70 bits per heavy atom. The molecule has 0 aliphatic heterocycles. The zero-order chi connectivity index (χ0) is 15.0. The molecular weight excluding hydrogens is 282 g/mol.